The molecule has 0 saturated carbocycles. The molecule has 0 aliphatic rings. The number of amides is 2. The monoisotopic (exact) mass is 336 g/mol. The van der Waals surface area contributed by atoms with Gasteiger partial charge in [-0.2, -0.15) is 0 Å². The van der Waals surface area contributed by atoms with E-state index in [2.05, 4.69) is 5.32 Å². The van der Waals surface area contributed by atoms with Crippen LogP contribution in [0.25, 0.3) is 0 Å². The minimum atomic E-state index is -0.540. The molecule has 2 aromatic rings. The smallest absolute Gasteiger partial charge is 0.251 e. The van der Waals surface area contributed by atoms with Gasteiger partial charge in [-0.05, 0) is 29.6 Å². The molecular weight excluding hydrogens is 320 g/mol. The molecular formula is C15H16N2O3S2. The maximum absolute atomic E-state index is 11.9. The Morgan fingerprint density at radius 3 is 2.91 bits per heavy atom. The second-order valence-electron chi connectivity index (χ2n) is 4.35. The molecule has 1 heterocycles. The molecule has 0 aliphatic carbocycles. The second-order valence-corrected chi connectivity index (χ2v) is 6.44. The van der Waals surface area contributed by atoms with E-state index < -0.39 is 5.91 Å². The number of carbonyl (C=O) groups excluding carboxylic acids is 2. The number of benzene rings is 1. The van der Waals surface area contributed by atoms with Crippen LogP contribution in [0.3, 0.4) is 0 Å². The normalized spacial score (nSPS) is 10.2. The van der Waals surface area contributed by atoms with Crippen LogP contribution in [-0.2, 0) is 4.79 Å². The van der Waals surface area contributed by atoms with Crippen molar-refractivity contribution in [3.05, 3.63) is 41.3 Å². The van der Waals surface area contributed by atoms with Crippen molar-refractivity contribution in [2.45, 2.75) is 11.3 Å². The van der Waals surface area contributed by atoms with Gasteiger partial charge in [-0.1, -0.05) is 6.07 Å². The van der Waals surface area contributed by atoms with Gasteiger partial charge in [0.2, 0.25) is 5.91 Å². The molecule has 5 nitrogen and oxygen atoms in total. The van der Waals surface area contributed by atoms with Gasteiger partial charge in [-0.3, -0.25) is 9.59 Å². The summed E-state index contributed by atoms with van der Waals surface area (Å²) in [7, 11) is 1.62. The van der Waals surface area contributed by atoms with Crippen molar-refractivity contribution >= 4 is 39.9 Å². The zero-order chi connectivity index (χ0) is 15.9. The van der Waals surface area contributed by atoms with E-state index in [1.807, 2.05) is 24.3 Å². The fraction of sp³-hybridized carbons (Fsp3) is 0.200. The first-order valence-electron chi connectivity index (χ1n) is 6.54. The van der Waals surface area contributed by atoms with Crippen LogP contribution in [0.1, 0.15) is 16.8 Å². The summed E-state index contributed by atoms with van der Waals surface area (Å²) in [5.74, 6) is 0.748. The van der Waals surface area contributed by atoms with Gasteiger partial charge in [0.05, 0.1) is 12.7 Å². The van der Waals surface area contributed by atoms with Crippen molar-refractivity contribution in [2.75, 3.05) is 18.2 Å². The van der Waals surface area contributed by atoms with E-state index >= 15 is 0 Å². The highest BCUT2D eigenvalue weighted by molar-refractivity contribution is 7.99. The molecule has 1 aromatic carbocycles. The molecule has 0 spiro atoms. The molecule has 2 rings (SSSR count). The quantitative estimate of drug-likeness (QED) is 0.762. The molecule has 22 heavy (non-hydrogen) atoms. The predicted molar refractivity (Wildman–Crippen MR) is 89.8 cm³/mol. The standard InChI is InChI=1S/C15H16N2O3S2/c1-20-10-3-2-4-11(9-10)21-8-6-13(18)17-15-12(14(16)19)5-7-22-15/h2-5,7,9H,6,8H2,1H3,(H2,16,19)(H,17,18). The van der Waals surface area contributed by atoms with Crippen LogP contribution in [0.15, 0.2) is 40.6 Å². The molecule has 116 valence electrons. The lowest BCUT2D eigenvalue weighted by Gasteiger charge is -2.06. The third kappa shape index (κ3) is 4.51. The number of carbonyl (C=O) groups is 2. The zero-order valence-corrected chi connectivity index (χ0v) is 13.6. The van der Waals surface area contributed by atoms with Gasteiger partial charge in [0, 0.05) is 17.1 Å². The average Bonchev–Trinajstić information content (AvgIpc) is 2.95. The minimum Gasteiger partial charge on any atom is -0.497 e. The van der Waals surface area contributed by atoms with E-state index in [1.165, 1.54) is 11.3 Å². The summed E-state index contributed by atoms with van der Waals surface area (Å²) in [5.41, 5.74) is 5.58. The lowest BCUT2D eigenvalue weighted by atomic mass is 10.3. The van der Waals surface area contributed by atoms with Gasteiger partial charge in [0.25, 0.3) is 5.91 Å². The van der Waals surface area contributed by atoms with Gasteiger partial charge in [-0.15, -0.1) is 23.1 Å². The Labute approximate surface area is 136 Å². The number of ether oxygens (including phenoxy) is 1. The number of thiophene rings is 1. The summed E-state index contributed by atoms with van der Waals surface area (Å²) in [6.45, 7) is 0. The maximum Gasteiger partial charge on any atom is 0.251 e. The number of nitrogens with one attached hydrogen (secondary N) is 1. The summed E-state index contributed by atoms with van der Waals surface area (Å²) in [6, 6.07) is 9.28. The Morgan fingerprint density at radius 1 is 1.36 bits per heavy atom. The predicted octanol–water partition coefficient (Wildman–Crippen LogP) is 2.98. The van der Waals surface area contributed by atoms with Gasteiger partial charge in [0.1, 0.15) is 10.8 Å². The molecule has 7 heteroatoms. The highest BCUT2D eigenvalue weighted by atomic mass is 32.2. The number of rotatable bonds is 7. The van der Waals surface area contributed by atoms with Crippen molar-refractivity contribution in [1.29, 1.82) is 0 Å². The van der Waals surface area contributed by atoms with Crippen molar-refractivity contribution in [3.8, 4) is 5.75 Å². The number of thioether (sulfide) groups is 1. The fourth-order valence-corrected chi connectivity index (χ4v) is 3.45. The molecule has 0 atom stereocenters. The highest BCUT2D eigenvalue weighted by Crippen LogP contribution is 2.25. The lowest BCUT2D eigenvalue weighted by Crippen LogP contribution is -2.16. The zero-order valence-electron chi connectivity index (χ0n) is 12.0. The van der Waals surface area contributed by atoms with Crippen LogP contribution in [0.5, 0.6) is 5.75 Å². The van der Waals surface area contributed by atoms with Gasteiger partial charge >= 0.3 is 0 Å². The van der Waals surface area contributed by atoms with Crippen LogP contribution in [0.2, 0.25) is 0 Å². The van der Waals surface area contributed by atoms with E-state index in [0.29, 0.717) is 22.7 Å². The Morgan fingerprint density at radius 2 is 2.18 bits per heavy atom. The number of hydrogen-bond donors (Lipinski definition) is 2. The molecule has 0 saturated heterocycles. The van der Waals surface area contributed by atoms with Crippen LogP contribution in [-0.4, -0.2) is 24.7 Å². The number of methoxy groups -OCH3 is 1. The SMILES string of the molecule is COc1cccc(SCCC(=O)Nc2sccc2C(N)=O)c1. The molecule has 0 radical (unpaired) electrons. The maximum atomic E-state index is 11.9. The second kappa shape index (κ2) is 7.86. The summed E-state index contributed by atoms with van der Waals surface area (Å²) in [4.78, 5) is 24.1. The van der Waals surface area contributed by atoms with E-state index in [0.717, 1.165) is 10.6 Å². The van der Waals surface area contributed by atoms with Crippen molar-refractivity contribution in [3.63, 3.8) is 0 Å². The Kier molecular flexibility index (Phi) is 5.85. The molecule has 0 unspecified atom stereocenters. The molecule has 0 aliphatic heterocycles. The van der Waals surface area contributed by atoms with Gasteiger partial charge in [-0.25, -0.2) is 0 Å². The van der Waals surface area contributed by atoms with Crippen LogP contribution >= 0.6 is 23.1 Å². The van der Waals surface area contributed by atoms with Crippen molar-refractivity contribution in [1.82, 2.24) is 0 Å². The molecule has 1 aromatic heterocycles. The van der Waals surface area contributed by atoms with E-state index in [4.69, 9.17) is 10.5 Å². The molecule has 0 fully saturated rings. The number of anilines is 1. The first kappa shape index (κ1) is 16.4. The van der Waals surface area contributed by atoms with E-state index in [-0.39, 0.29) is 5.91 Å². The van der Waals surface area contributed by atoms with E-state index in [1.54, 1.807) is 30.3 Å². The van der Waals surface area contributed by atoms with Crippen LogP contribution in [0, 0.1) is 0 Å². The Hall–Kier alpha value is -1.99. The third-order valence-electron chi connectivity index (χ3n) is 2.82. The van der Waals surface area contributed by atoms with E-state index in [9.17, 15) is 9.59 Å². The molecule has 2 amide bonds. The fourth-order valence-electron chi connectivity index (χ4n) is 1.74. The Bertz CT molecular complexity index is 670. The van der Waals surface area contributed by atoms with Crippen molar-refractivity contribution in [2.24, 2.45) is 5.73 Å². The largest absolute Gasteiger partial charge is 0.497 e. The number of primary amides is 1. The summed E-state index contributed by atoms with van der Waals surface area (Å²) < 4.78 is 5.15. The number of hydrogen-bond acceptors (Lipinski definition) is 5. The van der Waals surface area contributed by atoms with Gasteiger partial charge in [0.15, 0.2) is 0 Å². The average molecular weight is 336 g/mol. The third-order valence-corrected chi connectivity index (χ3v) is 4.65. The van der Waals surface area contributed by atoms with Crippen LogP contribution in [0.4, 0.5) is 5.00 Å². The van der Waals surface area contributed by atoms with Gasteiger partial charge < -0.3 is 15.8 Å². The summed E-state index contributed by atoms with van der Waals surface area (Å²) in [5, 5.41) is 4.95. The highest BCUT2D eigenvalue weighted by Gasteiger charge is 2.12. The topological polar surface area (TPSA) is 81.4 Å². The first-order chi connectivity index (χ1) is 10.6. The minimum absolute atomic E-state index is 0.139. The summed E-state index contributed by atoms with van der Waals surface area (Å²) in [6.07, 6.45) is 0.345. The molecule has 3 N–H and O–H groups in total. The van der Waals surface area contributed by atoms with Crippen LogP contribution < -0.4 is 15.8 Å². The van der Waals surface area contributed by atoms with Crippen molar-refractivity contribution < 1.29 is 14.3 Å². The Balaban J connectivity index is 1.82. The molecule has 0 bridgehead atoms. The lowest BCUT2D eigenvalue weighted by molar-refractivity contribution is -0.115. The first-order valence-corrected chi connectivity index (χ1v) is 8.40. The summed E-state index contributed by atoms with van der Waals surface area (Å²) >= 11 is 2.86. The number of nitrogens with two attached hydrogens (primary N) is 1.